The van der Waals surface area contributed by atoms with Crippen molar-refractivity contribution < 1.29 is 27.9 Å². The van der Waals surface area contributed by atoms with Gasteiger partial charge in [-0.15, -0.1) is 13.2 Å². The number of alkyl halides is 3. The molecule has 0 saturated heterocycles. The van der Waals surface area contributed by atoms with Crippen LogP contribution in [0.3, 0.4) is 0 Å². The lowest BCUT2D eigenvalue weighted by Crippen LogP contribution is -2.19. The van der Waals surface area contributed by atoms with Gasteiger partial charge in [0.1, 0.15) is 6.20 Å². The van der Waals surface area contributed by atoms with Crippen LogP contribution in [0.15, 0.2) is 6.20 Å². The Balaban J connectivity index is 3.26. The summed E-state index contributed by atoms with van der Waals surface area (Å²) in [4.78, 5) is 12.9. The number of aliphatic hydroxyl groups is 1. The summed E-state index contributed by atoms with van der Waals surface area (Å²) in [6.45, 7) is 0.362. The van der Waals surface area contributed by atoms with Crippen LogP contribution in [0.2, 0.25) is 0 Å². The molecule has 94 valence electrons. The molecule has 0 bridgehead atoms. The van der Waals surface area contributed by atoms with Gasteiger partial charge in [0.15, 0.2) is 0 Å². The minimum absolute atomic E-state index is 0.119. The number of aliphatic hydroxyl groups excluding tert-OH is 1. The summed E-state index contributed by atoms with van der Waals surface area (Å²) in [6.07, 6.45) is -4.32. The number of nitrogens with zero attached hydrogens (tertiary/aromatic N) is 2. The van der Waals surface area contributed by atoms with Crippen molar-refractivity contribution in [2.75, 3.05) is 0 Å². The van der Waals surface area contributed by atoms with Gasteiger partial charge in [-0.2, -0.15) is 0 Å². The molecule has 0 spiro atoms. The molecule has 0 aliphatic rings. The number of halogens is 3. The van der Waals surface area contributed by atoms with Gasteiger partial charge in [-0.1, -0.05) is 0 Å². The Kier molecular flexibility index (Phi) is 3.51. The Morgan fingerprint density at radius 2 is 2.18 bits per heavy atom. The van der Waals surface area contributed by atoms with E-state index in [2.05, 4.69) is 9.72 Å². The number of hydrogen-bond donors (Lipinski definition) is 1. The molecule has 1 aromatic heterocycles. The number of ether oxygens (including phenoxy) is 1. The van der Waals surface area contributed by atoms with E-state index in [1.807, 2.05) is 0 Å². The molecule has 1 heterocycles. The van der Waals surface area contributed by atoms with E-state index in [0.29, 0.717) is 6.20 Å². The van der Waals surface area contributed by atoms with Crippen LogP contribution in [-0.2, 0) is 6.61 Å². The second-order valence-electron chi connectivity index (χ2n) is 3.02. The third-order valence-corrected chi connectivity index (χ3v) is 1.97. The Bertz CT molecular complexity index is 447. The van der Waals surface area contributed by atoms with Crippen molar-refractivity contribution in [1.29, 1.82) is 0 Å². The zero-order valence-corrected chi connectivity index (χ0v) is 8.48. The van der Waals surface area contributed by atoms with Crippen LogP contribution in [0, 0.1) is 17.0 Å². The maximum Gasteiger partial charge on any atom is 0.574 e. The van der Waals surface area contributed by atoms with Gasteiger partial charge >= 0.3 is 6.36 Å². The third kappa shape index (κ3) is 3.03. The average Bonchev–Trinajstić information content (AvgIpc) is 2.15. The first-order valence-corrected chi connectivity index (χ1v) is 4.25. The highest BCUT2D eigenvalue weighted by atomic mass is 19.4. The van der Waals surface area contributed by atoms with Gasteiger partial charge in [0, 0.05) is 11.1 Å². The van der Waals surface area contributed by atoms with Gasteiger partial charge in [-0.05, 0) is 6.92 Å². The summed E-state index contributed by atoms with van der Waals surface area (Å²) >= 11 is 0. The number of nitro groups is 1. The summed E-state index contributed by atoms with van der Waals surface area (Å²) in [5.74, 6) is -0.886. The molecule has 17 heavy (non-hydrogen) atoms. The molecule has 1 N–H and O–H groups in total. The van der Waals surface area contributed by atoms with E-state index in [9.17, 15) is 23.3 Å². The molecule has 6 nitrogen and oxygen atoms in total. The van der Waals surface area contributed by atoms with Crippen LogP contribution in [0.4, 0.5) is 18.9 Å². The monoisotopic (exact) mass is 252 g/mol. The minimum atomic E-state index is -4.97. The fourth-order valence-electron chi connectivity index (χ4n) is 1.18. The van der Waals surface area contributed by atoms with Crippen LogP contribution >= 0.6 is 0 Å². The molecule has 0 fully saturated rings. The average molecular weight is 252 g/mol. The van der Waals surface area contributed by atoms with Gasteiger partial charge in [-0.25, -0.2) is 4.98 Å². The lowest BCUT2D eigenvalue weighted by Gasteiger charge is -2.12. The maximum atomic E-state index is 12.0. The molecule has 0 amide bonds. The van der Waals surface area contributed by atoms with Gasteiger partial charge in [0.2, 0.25) is 5.88 Å². The fraction of sp³-hybridized carbons (Fsp3) is 0.375. The summed E-state index contributed by atoms with van der Waals surface area (Å²) < 4.78 is 39.5. The molecule has 1 rings (SSSR count). The second kappa shape index (κ2) is 4.53. The van der Waals surface area contributed by atoms with Gasteiger partial charge in [0.25, 0.3) is 5.69 Å². The Labute approximate surface area is 92.8 Å². The minimum Gasteiger partial charge on any atom is -0.391 e. The Morgan fingerprint density at radius 1 is 1.59 bits per heavy atom. The quantitative estimate of drug-likeness (QED) is 0.653. The predicted octanol–water partition coefficient (Wildman–Crippen LogP) is 1.69. The zero-order chi connectivity index (χ0) is 13.2. The van der Waals surface area contributed by atoms with Crippen molar-refractivity contribution in [3.05, 3.63) is 27.4 Å². The first kappa shape index (κ1) is 13.2. The molecule has 0 aliphatic heterocycles. The van der Waals surface area contributed by atoms with E-state index in [1.165, 1.54) is 6.92 Å². The SMILES string of the molecule is Cc1c([N+](=O)[O-])cnc(OC(F)(F)F)c1CO. The smallest absolute Gasteiger partial charge is 0.391 e. The van der Waals surface area contributed by atoms with Crippen molar-refractivity contribution in [3.63, 3.8) is 0 Å². The zero-order valence-electron chi connectivity index (χ0n) is 8.48. The van der Waals surface area contributed by atoms with Crippen LogP contribution in [-0.4, -0.2) is 21.4 Å². The van der Waals surface area contributed by atoms with E-state index in [1.54, 1.807) is 0 Å². The Morgan fingerprint density at radius 3 is 2.59 bits per heavy atom. The van der Waals surface area contributed by atoms with Crippen molar-refractivity contribution in [1.82, 2.24) is 4.98 Å². The molecule has 0 aliphatic carbocycles. The van der Waals surface area contributed by atoms with E-state index in [0.717, 1.165) is 0 Å². The number of rotatable bonds is 3. The highest BCUT2D eigenvalue weighted by Crippen LogP contribution is 2.30. The van der Waals surface area contributed by atoms with Crippen molar-refractivity contribution >= 4 is 5.69 Å². The van der Waals surface area contributed by atoms with E-state index < -0.39 is 29.5 Å². The van der Waals surface area contributed by atoms with E-state index in [4.69, 9.17) is 5.11 Å². The van der Waals surface area contributed by atoms with Crippen molar-refractivity contribution in [2.24, 2.45) is 0 Å². The topological polar surface area (TPSA) is 85.5 Å². The van der Waals surface area contributed by atoms with E-state index in [-0.39, 0.29) is 11.1 Å². The Hall–Kier alpha value is -1.90. The summed E-state index contributed by atoms with van der Waals surface area (Å²) in [6, 6.07) is 0. The highest BCUT2D eigenvalue weighted by molar-refractivity contribution is 5.46. The molecule has 0 atom stereocenters. The lowest BCUT2D eigenvalue weighted by atomic mass is 10.1. The first-order chi connectivity index (χ1) is 7.76. The van der Waals surface area contributed by atoms with E-state index >= 15 is 0 Å². The van der Waals surface area contributed by atoms with Gasteiger partial charge in [0.05, 0.1) is 11.5 Å². The van der Waals surface area contributed by atoms with Gasteiger partial charge in [-0.3, -0.25) is 10.1 Å². The lowest BCUT2D eigenvalue weighted by molar-refractivity contribution is -0.385. The van der Waals surface area contributed by atoms with Crippen LogP contribution < -0.4 is 4.74 Å². The largest absolute Gasteiger partial charge is 0.574 e. The first-order valence-electron chi connectivity index (χ1n) is 4.25. The van der Waals surface area contributed by atoms with Crippen LogP contribution in [0.25, 0.3) is 0 Å². The summed E-state index contributed by atoms with van der Waals surface area (Å²) in [7, 11) is 0. The number of hydrogen-bond acceptors (Lipinski definition) is 5. The predicted molar refractivity (Wildman–Crippen MR) is 48.2 cm³/mol. The van der Waals surface area contributed by atoms with Crippen LogP contribution in [0.5, 0.6) is 5.88 Å². The van der Waals surface area contributed by atoms with Gasteiger partial charge < -0.3 is 9.84 Å². The van der Waals surface area contributed by atoms with Crippen LogP contribution in [0.1, 0.15) is 11.1 Å². The number of pyridine rings is 1. The molecular formula is C8H7F3N2O4. The second-order valence-corrected chi connectivity index (χ2v) is 3.02. The standard InChI is InChI=1S/C8H7F3N2O4/c1-4-5(3-14)7(17-8(9,10)11)12-2-6(4)13(15)16/h2,14H,3H2,1H3. The molecule has 9 heteroatoms. The molecule has 0 aromatic carbocycles. The molecule has 0 saturated carbocycles. The summed E-state index contributed by atoms with van der Waals surface area (Å²) in [5, 5.41) is 19.4. The molecule has 0 radical (unpaired) electrons. The maximum absolute atomic E-state index is 12.0. The molecule has 0 unspecified atom stereocenters. The summed E-state index contributed by atoms with van der Waals surface area (Å²) in [5.41, 5.74) is -0.966. The van der Waals surface area contributed by atoms with Crippen molar-refractivity contribution in [3.8, 4) is 5.88 Å². The fourth-order valence-corrected chi connectivity index (χ4v) is 1.18. The third-order valence-electron chi connectivity index (χ3n) is 1.97. The normalized spacial score (nSPS) is 11.4. The number of aromatic nitrogens is 1. The molecular weight excluding hydrogens is 245 g/mol. The van der Waals surface area contributed by atoms with Crippen molar-refractivity contribution in [2.45, 2.75) is 19.9 Å². The highest BCUT2D eigenvalue weighted by Gasteiger charge is 2.34. The molecule has 1 aromatic rings.